The van der Waals surface area contributed by atoms with Crippen molar-refractivity contribution in [2.75, 3.05) is 132 Å². The maximum Gasteiger partial charge on any atom is 0.307 e. The van der Waals surface area contributed by atoms with Crippen molar-refractivity contribution in [2.45, 2.75) is 368 Å². The van der Waals surface area contributed by atoms with Crippen molar-refractivity contribution in [3.05, 3.63) is 0 Å². The molecule has 0 amide bonds. The number of hydrogen-bond acceptors (Lipinski definition) is 15. The Bertz CT molecular complexity index is 1690. The molecule has 0 aromatic rings. The van der Waals surface area contributed by atoms with E-state index < -0.39 is 0 Å². The molecule has 0 unspecified atom stereocenters. The van der Waals surface area contributed by atoms with Crippen molar-refractivity contribution >= 4 is 29.8 Å². The van der Waals surface area contributed by atoms with E-state index in [0.717, 1.165) is 104 Å². The minimum Gasteiger partial charge on any atom is -0.469 e. The van der Waals surface area contributed by atoms with Crippen LogP contribution in [0.2, 0.25) is 0 Å². The van der Waals surface area contributed by atoms with Crippen LogP contribution in [0.5, 0.6) is 0 Å². The molecular formula is C82H159N5O10. The van der Waals surface area contributed by atoms with Crippen LogP contribution < -0.4 is 0 Å². The van der Waals surface area contributed by atoms with Crippen LogP contribution in [-0.4, -0.2) is 186 Å². The number of methoxy groups -OCH3 is 1. The lowest BCUT2D eigenvalue weighted by atomic mass is 10.1. The summed E-state index contributed by atoms with van der Waals surface area (Å²) in [5, 5.41) is 0. The van der Waals surface area contributed by atoms with E-state index in [1.54, 1.807) is 0 Å². The van der Waals surface area contributed by atoms with Gasteiger partial charge in [-0.15, -0.1) is 0 Å². The number of esters is 5. The molecule has 0 saturated carbocycles. The van der Waals surface area contributed by atoms with Gasteiger partial charge >= 0.3 is 29.8 Å². The fourth-order valence-corrected chi connectivity index (χ4v) is 13.2. The van der Waals surface area contributed by atoms with E-state index in [0.29, 0.717) is 91.5 Å². The molecule has 0 aromatic heterocycles. The summed E-state index contributed by atoms with van der Waals surface area (Å²) < 4.78 is 28.0. The summed E-state index contributed by atoms with van der Waals surface area (Å²) >= 11 is 0. The highest BCUT2D eigenvalue weighted by molar-refractivity contribution is 5.71. The van der Waals surface area contributed by atoms with Gasteiger partial charge in [-0.1, -0.05) is 310 Å². The summed E-state index contributed by atoms with van der Waals surface area (Å²) in [7, 11) is 1.41. The molecule has 0 bridgehead atoms. The number of rotatable bonds is 76. The van der Waals surface area contributed by atoms with E-state index in [9.17, 15) is 24.0 Å². The molecule has 1 fully saturated rings. The zero-order valence-corrected chi connectivity index (χ0v) is 64.7. The number of carbonyl (C=O) groups excluding carboxylic acids is 5. The fraction of sp³-hybridized carbons (Fsp3) is 0.939. The van der Waals surface area contributed by atoms with Crippen molar-refractivity contribution in [1.82, 2.24) is 24.5 Å². The second-order valence-electron chi connectivity index (χ2n) is 29.0. The van der Waals surface area contributed by atoms with E-state index >= 15 is 0 Å². The van der Waals surface area contributed by atoms with Crippen LogP contribution in [-0.2, 0) is 47.7 Å². The molecule has 15 nitrogen and oxygen atoms in total. The molecule has 0 aromatic carbocycles. The highest BCUT2D eigenvalue weighted by atomic mass is 16.5. The number of hydrogen-bond donors (Lipinski definition) is 0. The first-order valence-corrected chi connectivity index (χ1v) is 41.9. The fourth-order valence-electron chi connectivity index (χ4n) is 13.2. The molecule has 0 atom stereocenters. The van der Waals surface area contributed by atoms with Gasteiger partial charge in [-0.2, -0.15) is 0 Å². The van der Waals surface area contributed by atoms with Crippen LogP contribution in [0.1, 0.15) is 368 Å². The SMILES string of the molecule is CCCCCCCCCCCCCCOC(=O)CCN(CCC(=O)OC)CCN(CCC(=O)OCCCCCCCCCCCCCC)CCN1CCN(CCN(CCC(=O)OCCCCCCCCCCCCCC)CCC(=O)OCCCCCCCCCCCCCC)CC1. The van der Waals surface area contributed by atoms with Crippen molar-refractivity contribution in [1.29, 1.82) is 0 Å². The molecule has 1 aliphatic rings. The van der Waals surface area contributed by atoms with Crippen LogP contribution in [0.25, 0.3) is 0 Å². The average molecular weight is 1380 g/mol. The standard InChI is InChI=1S/C82H159N5O10/c1-6-10-14-18-22-26-30-34-38-42-46-50-74-94-79(89)55-60-83(59-54-78(88)93-5)64-66-85(63-58-82(92)97-77-53-49-45-41-37-33-29-25-21-17-13-9-4)67-69-87-72-70-86(71-73-87)68-65-84(61-56-80(90)95-75-51-47-43-39-35-31-27-23-19-15-11-7-2)62-57-81(91)96-76-52-48-44-40-36-32-28-24-20-16-12-8-3/h6-77H2,1-5H3. The number of piperazine rings is 1. The van der Waals surface area contributed by atoms with Crippen molar-refractivity contribution in [2.24, 2.45) is 0 Å². The van der Waals surface area contributed by atoms with Gasteiger partial charge in [-0.25, -0.2) is 0 Å². The van der Waals surface area contributed by atoms with Crippen molar-refractivity contribution < 1.29 is 47.7 Å². The quantitative estimate of drug-likeness (QED) is 0.0323. The third-order valence-corrected chi connectivity index (χ3v) is 20.1. The van der Waals surface area contributed by atoms with E-state index in [4.69, 9.17) is 23.7 Å². The number of carbonyl (C=O) groups is 5. The van der Waals surface area contributed by atoms with Gasteiger partial charge in [0.2, 0.25) is 0 Å². The normalized spacial score (nSPS) is 12.9. The molecule has 1 rings (SSSR count). The van der Waals surface area contributed by atoms with Crippen LogP contribution in [0, 0.1) is 0 Å². The first kappa shape index (κ1) is 92.2. The van der Waals surface area contributed by atoms with Crippen molar-refractivity contribution in [3.63, 3.8) is 0 Å². The van der Waals surface area contributed by atoms with Crippen LogP contribution in [0.3, 0.4) is 0 Å². The molecule has 0 spiro atoms. The van der Waals surface area contributed by atoms with Gasteiger partial charge in [0.25, 0.3) is 0 Å². The number of nitrogens with zero attached hydrogens (tertiary/aromatic N) is 5. The maximum atomic E-state index is 13.2. The Hall–Kier alpha value is -2.85. The van der Waals surface area contributed by atoms with Gasteiger partial charge in [0.15, 0.2) is 0 Å². The molecule has 1 aliphatic heterocycles. The Kier molecular flexibility index (Phi) is 69.3. The molecular weight excluding hydrogens is 1210 g/mol. The zero-order chi connectivity index (χ0) is 70.2. The second kappa shape index (κ2) is 72.9. The topological polar surface area (TPSA) is 148 Å². The first-order valence-electron chi connectivity index (χ1n) is 41.9. The lowest BCUT2D eigenvalue weighted by Gasteiger charge is -2.37. The minimum absolute atomic E-state index is 0.160. The van der Waals surface area contributed by atoms with Crippen LogP contribution in [0.15, 0.2) is 0 Å². The molecule has 572 valence electrons. The van der Waals surface area contributed by atoms with Gasteiger partial charge in [-0.05, 0) is 25.7 Å². The Morgan fingerprint density at radius 2 is 0.412 bits per heavy atom. The largest absolute Gasteiger partial charge is 0.469 e. The van der Waals surface area contributed by atoms with E-state index in [-0.39, 0.29) is 42.7 Å². The third kappa shape index (κ3) is 65.0. The molecule has 0 aliphatic carbocycles. The number of unbranched alkanes of at least 4 members (excludes halogenated alkanes) is 44. The third-order valence-electron chi connectivity index (χ3n) is 20.1. The summed E-state index contributed by atoms with van der Waals surface area (Å²) in [5.41, 5.74) is 0. The Morgan fingerprint density at radius 3 is 0.619 bits per heavy atom. The first-order chi connectivity index (χ1) is 47.6. The lowest BCUT2D eigenvalue weighted by molar-refractivity contribution is -0.145. The van der Waals surface area contributed by atoms with E-state index in [2.05, 4.69) is 52.2 Å². The molecule has 1 heterocycles. The molecule has 0 N–H and O–H groups in total. The van der Waals surface area contributed by atoms with Gasteiger partial charge in [0.05, 0.1) is 65.6 Å². The van der Waals surface area contributed by atoms with Gasteiger partial charge in [-0.3, -0.25) is 33.8 Å². The minimum atomic E-state index is -0.278. The maximum absolute atomic E-state index is 13.2. The summed E-state index contributed by atoms with van der Waals surface area (Å²) in [6.45, 7) is 21.8. The summed E-state index contributed by atoms with van der Waals surface area (Å²) in [5.74, 6) is -0.963. The van der Waals surface area contributed by atoms with Gasteiger partial charge in [0, 0.05) is 98.2 Å². The van der Waals surface area contributed by atoms with Gasteiger partial charge < -0.3 is 38.4 Å². The summed E-state index contributed by atoms with van der Waals surface area (Å²) in [4.78, 5) is 76.6. The molecule has 1 saturated heterocycles. The van der Waals surface area contributed by atoms with Gasteiger partial charge in [0.1, 0.15) is 0 Å². The van der Waals surface area contributed by atoms with Crippen LogP contribution in [0.4, 0.5) is 0 Å². The second-order valence-corrected chi connectivity index (χ2v) is 29.0. The smallest absolute Gasteiger partial charge is 0.307 e. The summed E-state index contributed by atoms with van der Waals surface area (Å²) in [6, 6.07) is 0. The van der Waals surface area contributed by atoms with Crippen molar-refractivity contribution in [3.8, 4) is 0 Å². The Balaban J connectivity index is 2.83. The van der Waals surface area contributed by atoms with E-state index in [1.165, 1.54) is 264 Å². The molecule has 97 heavy (non-hydrogen) atoms. The summed E-state index contributed by atoms with van der Waals surface area (Å²) in [6.07, 6.45) is 62.1. The monoisotopic (exact) mass is 1370 g/mol. The number of ether oxygens (including phenoxy) is 5. The zero-order valence-electron chi connectivity index (χ0n) is 64.7. The molecule has 0 radical (unpaired) electrons. The average Bonchev–Trinajstić information content (AvgIpc) is 1.89. The Labute approximate surface area is 598 Å². The van der Waals surface area contributed by atoms with Crippen LogP contribution >= 0.6 is 0 Å². The van der Waals surface area contributed by atoms with E-state index in [1.807, 2.05) is 0 Å². The Morgan fingerprint density at radius 1 is 0.237 bits per heavy atom. The predicted octanol–water partition coefficient (Wildman–Crippen LogP) is 19.6. The lowest BCUT2D eigenvalue weighted by Crippen LogP contribution is -2.50. The highest BCUT2D eigenvalue weighted by Gasteiger charge is 2.22. The molecule has 15 heteroatoms. The highest BCUT2D eigenvalue weighted by Crippen LogP contribution is 2.18. The predicted molar refractivity (Wildman–Crippen MR) is 405 cm³/mol.